The van der Waals surface area contributed by atoms with Gasteiger partial charge in [0.15, 0.2) is 0 Å². The molecule has 1 N–H and O–H groups in total. The van der Waals surface area contributed by atoms with Crippen LogP contribution in [0.15, 0.2) is 42.6 Å². The van der Waals surface area contributed by atoms with Gasteiger partial charge in [0.2, 0.25) is 10.0 Å². The van der Waals surface area contributed by atoms with Gasteiger partial charge in [-0.25, -0.2) is 8.42 Å². The zero-order valence-corrected chi connectivity index (χ0v) is 16.2. The van der Waals surface area contributed by atoms with Gasteiger partial charge in [-0.05, 0) is 57.0 Å². The first-order valence-corrected chi connectivity index (χ1v) is 10.5. The number of nitrogens with one attached hydrogen (secondary N) is 1. The van der Waals surface area contributed by atoms with Gasteiger partial charge >= 0.3 is 0 Å². The number of carbonyl (C=O) groups is 1. The number of sulfonamides is 1. The molecule has 0 saturated carbocycles. The van der Waals surface area contributed by atoms with Crippen molar-refractivity contribution in [3.05, 3.63) is 53.9 Å². The van der Waals surface area contributed by atoms with Gasteiger partial charge in [-0.15, -0.1) is 0 Å². The van der Waals surface area contributed by atoms with E-state index in [4.69, 9.17) is 0 Å². The maximum atomic E-state index is 12.6. The number of rotatable bonds is 5. The van der Waals surface area contributed by atoms with Crippen LogP contribution in [-0.4, -0.2) is 31.2 Å². The molecule has 1 aromatic carbocycles. The molecular weight excluding hydrogens is 350 g/mol. The van der Waals surface area contributed by atoms with E-state index in [-0.39, 0.29) is 23.7 Å². The average Bonchev–Trinajstić information content (AvgIpc) is 3.21. The van der Waals surface area contributed by atoms with E-state index in [2.05, 4.69) is 5.32 Å². The number of nitrogens with zero attached hydrogens (tertiary/aromatic N) is 2. The Labute approximate surface area is 154 Å². The van der Waals surface area contributed by atoms with Crippen LogP contribution in [0.3, 0.4) is 0 Å². The molecule has 1 aliphatic heterocycles. The Balaban J connectivity index is 1.71. The quantitative estimate of drug-likeness (QED) is 0.873. The van der Waals surface area contributed by atoms with Crippen molar-refractivity contribution in [1.82, 2.24) is 9.88 Å². The maximum Gasteiger partial charge on any atom is 0.268 e. The minimum atomic E-state index is -3.17. The Morgan fingerprint density at radius 1 is 1.12 bits per heavy atom. The van der Waals surface area contributed by atoms with E-state index in [0.29, 0.717) is 24.3 Å². The zero-order valence-electron chi connectivity index (χ0n) is 15.3. The molecule has 1 saturated heterocycles. The number of carbonyl (C=O) groups excluding carboxylic acids is 1. The second-order valence-electron chi connectivity index (χ2n) is 6.92. The summed E-state index contributed by atoms with van der Waals surface area (Å²) in [5, 5.41) is 3.01. The first-order valence-electron chi connectivity index (χ1n) is 8.87. The number of benzene rings is 1. The van der Waals surface area contributed by atoms with Crippen molar-refractivity contribution in [2.75, 3.05) is 16.6 Å². The van der Waals surface area contributed by atoms with Crippen molar-refractivity contribution in [3.63, 3.8) is 0 Å². The molecule has 1 atom stereocenters. The van der Waals surface area contributed by atoms with Crippen LogP contribution in [0, 0.1) is 0 Å². The van der Waals surface area contributed by atoms with Crippen LogP contribution >= 0.6 is 0 Å². The van der Waals surface area contributed by atoms with E-state index in [1.165, 1.54) is 4.31 Å². The molecule has 2 heterocycles. The summed E-state index contributed by atoms with van der Waals surface area (Å²) in [6, 6.07) is 11.1. The van der Waals surface area contributed by atoms with Crippen LogP contribution in [0.1, 0.15) is 55.3 Å². The van der Waals surface area contributed by atoms with Gasteiger partial charge in [-0.3, -0.25) is 9.10 Å². The summed E-state index contributed by atoms with van der Waals surface area (Å²) < 4.78 is 27.4. The molecule has 1 aliphatic rings. The summed E-state index contributed by atoms with van der Waals surface area (Å²) in [5.41, 5.74) is 2.24. The van der Waals surface area contributed by atoms with Crippen LogP contribution in [-0.2, 0) is 10.0 Å². The van der Waals surface area contributed by atoms with Crippen LogP contribution in [0.25, 0.3) is 0 Å². The van der Waals surface area contributed by atoms with Crippen molar-refractivity contribution in [1.29, 1.82) is 0 Å². The fraction of sp³-hybridized carbons (Fsp3) is 0.421. The third-order valence-electron chi connectivity index (χ3n) is 4.70. The van der Waals surface area contributed by atoms with E-state index in [1.807, 2.05) is 55.8 Å². The van der Waals surface area contributed by atoms with Crippen LogP contribution in [0.4, 0.5) is 5.69 Å². The molecule has 26 heavy (non-hydrogen) atoms. The molecule has 1 fully saturated rings. The van der Waals surface area contributed by atoms with Gasteiger partial charge in [-0.2, -0.15) is 0 Å². The second kappa shape index (κ2) is 7.15. The number of anilines is 1. The Hall–Kier alpha value is -2.28. The molecule has 1 amide bonds. The Morgan fingerprint density at radius 2 is 1.81 bits per heavy atom. The lowest BCUT2D eigenvalue weighted by Gasteiger charge is -2.19. The molecular formula is C19H25N3O3S. The number of hydrogen-bond donors (Lipinski definition) is 1. The van der Waals surface area contributed by atoms with Gasteiger partial charge in [0.1, 0.15) is 5.69 Å². The minimum absolute atomic E-state index is 0.123. The molecule has 0 bridgehead atoms. The summed E-state index contributed by atoms with van der Waals surface area (Å²) in [7, 11) is -3.17. The van der Waals surface area contributed by atoms with Crippen molar-refractivity contribution >= 4 is 21.6 Å². The molecule has 140 valence electrons. The van der Waals surface area contributed by atoms with Crippen LogP contribution in [0.2, 0.25) is 0 Å². The highest BCUT2D eigenvalue weighted by atomic mass is 32.2. The van der Waals surface area contributed by atoms with Crippen molar-refractivity contribution in [2.45, 2.75) is 39.3 Å². The summed E-state index contributed by atoms with van der Waals surface area (Å²) >= 11 is 0. The van der Waals surface area contributed by atoms with Crippen molar-refractivity contribution in [3.8, 4) is 0 Å². The second-order valence-corrected chi connectivity index (χ2v) is 8.94. The fourth-order valence-electron chi connectivity index (χ4n) is 3.25. The topological polar surface area (TPSA) is 71.4 Å². The summed E-state index contributed by atoms with van der Waals surface area (Å²) in [6.07, 6.45) is 2.56. The molecule has 1 aromatic heterocycles. The molecule has 6 nitrogen and oxygen atoms in total. The Bertz CT molecular complexity index is 885. The standard InChI is InChI=1S/C19H25N3O3S/c1-14(2)21-11-4-6-18(21)19(23)20-15(3)16-7-9-17(10-8-16)22-12-5-13-26(22,24)25/h4,6-11,14-15H,5,12-13H2,1-3H3,(H,20,23). The van der Waals surface area contributed by atoms with Gasteiger partial charge < -0.3 is 9.88 Å². The molecule has 0 spiro atoms. The fourth-order valence-corrected chi connectivity index (χ4v) is 4.81. The van der Waals surface area contributed by atoms with Crippen LogP contribution < -0.4 is 9.62 Å². The molecule has 3 rings (SSSR count). The van der Waals surface area contributed by atoms with E-state index in [1.54, 1.807) is 12.1 Å². The molecule has 2 aromatic rings. The molecule has 7 heteroatoms. The largest absolute Gasteiger partial charge is 0.344 e. The lowest BCUT2D eigenvalue weighted by molar-refractivity contribution is 0.0929. The van der Waals surface area contributed by atoms with Gasteiger partial charge in [0.25, 0.3) is 5.91 Å². The maximum absolute atomic E-state index is 12.6. The van der Waals surface area contributed by atoms with Gasteiger partial charge in [0, 0.05) is 18.8 Å². The van der Waals surface area contributed by atoms with E-state index in [0.717, 1.165) is 5.56 Å². The first-order chi connectivity index (χ1) is 12.3. The smallest absolute Gasteiger partial charge is 0.268 e. The summed E-state index contributed by atoms with van der Waals surface area (Å²) in [4.78, 5) is 12.6. The summed E-state index contributed by atoms with van der Waals surface area (Å²) in [6.45, 7) is 6.51. The predicted molar refractivity (Wildman–Crippen MR) is 103 cm³/mol. The lowest BCUT2D eigenvalue weighted by atomic mass is 10.1. The molecule has 0 radical (unpaired) electrons. The van der Waals surface area contributed by atoms with E-state index < -0.39 is 10.0 Å². The van der Waals surface area contributed by atoms with Gasteiger partial charge in [0.05, 0.1) is 17.5 Å². The highest BCUT2D eigenvalue weighted by molar-refractivity contribution is 7.93. The highest BCUT2D eigenvalue weighted by Gasteiger charge is 2.28. The zero-order chi connectivity index (χ0) is 18.9. The number of hydrogen-bond acceptors (Lipinski definition) is 3. The number of amides is 1. The van der Waals surface area contributed by atoms with E-state index in [9.17, 15) is 13.2 Å². The average molecular weight is 375 g/mol. The van der Waals surface area contributed by atoms with E-state index >= 15 is 0 Å². The third kappa shape index (κ3) is 3.62. The molecule has 1 unspecified atom stereocenters. The SMILES string of the molecule is CC(NC(=O)c1cccn1C(C)C)c1ccc(N2CCCS2(=O)=O)cc1. The van der Waals surface area contributed by atoms with Crippen molar-refractivity contribution in [2.24, 2.45) is 0 Å². The normalized spacial score (nSPS) is 17.5. The van der Waals surface area contributed by atoms with Crippen molar-refractivity contribution < 1.29 is 13.2 Å². The minimum Gasteiger partial charge on any atom is -0.344 e. The predicted octanol–water partition coefficient (Wildman–Crippen LogP) is 3.10. The Kier molecular flexibility index (Phi) is 5.09. The Morgan fingerprint density at radius 3 is 2.38 bits per heavy atom. The van der Waals surface area contributed by atoms with Crippen LogP contribution in [0.5, 0.6) is 0 Å². The monoisotopic (exact) mass is 375 g/mol. The third-order valence-corrected chi connectivity index (χ3v) is 6.57. The summed E-state index contributed by atoms with van der Waals surface area (Å²) in [5.74, 6) is 0.0823. The number of aromatic nitrogens is 1. The molecule has 0 aliphatic carbocycles. The highest BCUT2D eigenvalue weighted by Crippen LogP contribution is 2.25. The lowest BCUT2D eigenvalue weighted by Crippen LogP contribution is -2.29. The first kappa shape index (κ1) is 18.5. The van der Waals surface area contributed by atoms with Gasteiger partial charge in [-0.1, -0.05) is 12.1 Å².